The van der Waals surface area contributed by atoms with Crippen LogP contribution in [0.5, 0.6) is 0 Å². The molecular weight excluding hydrogens is 306 g/mol. The van der Waals surface area contributed by atoms with Gasteiger partial charge in [0.2, 0.25) is 0 Å². The first-order valence-corrected chi connectivity index (χ1v) is 9.55. The van der Waals surface area contributed by atoms with Crippen molar-refractivity contribution in [1.82, 2.24) is 4.98 Å². The van der Waals surface area contributed by atoms with Crippen molar-refractivity contribution in [3.05, 3.63) is 22.0 Å². The van der Waals surface area contributed by atoms with Gasteiger partial charge >= 0.3 is 0 Å². The summed E-state index contributed by atoms with van der Waals surface area (Å²) in [5.74, 6) is 0. The van der Waals surface area contributed by atoms with E-state index in [-0.39, 0.29) is 10.0 Å². The SMILES string of the molecule is CCCCCCc1c(C)nc(Cl)c(S(=O)(=O)C(C)C)c1C. The highest BCUT2D eigenvalue weighted by molar-refractivity contribution is 7.92. The van der Waals surface area contributed by atoms with E-state index in [0.717, 1.165) is 36.1 Å². The van der Waals surface area contributed by atoms with Crippen LogP contribution in [0.2, 0.25) is 5.15 Å². The first-order valence-electron chi connectivity index (χ1n) is 7.62. The van der Waals surface area contributed by atoms with Crippen molar-refractivity contribution in [2.75, 3.05) is 0 Å². The fourth-order valence-corrected chi connectivity index (χ4v) is 4.38. The molecule has 1 heterocycles. The highest BCUT2D eigenvalue weighted by Crippen LogP contribution is 2.31. The second-order valence-corrected chi connectivity index (χ2v) is 8.62. The fourth-order valence-electron chi connectivity index (χ4n) is 2.49. The molecule has 1 aromatic rings. The minimum Gasteiger partial charge on any atom is -0.240 e. The normalized spacial score (nSPS) is 12.1. The molecule has 0 N–H and O–H groups in total. The molecule has 0 aliphatic rings. The predicted octanol–water partition coefficient (Wildman–Crippen LogP) is 4.66. The molecule has 21 heavy (non-hydrogen) atoms. The van der Waals surface area contributed by atoms with Crippen molar-refractivity contribution < 1.29 is 8.42 Å². The van der Waals surface area contributed by atoms with Crippen LogP contribution in [0.15, 0.2) is 4.90 Å². The summed E-state index contributed by atoms with van der Waals surface area (Å²) in [6.07, 6.45) is 5.47. The van der Waals surface area contributed by atoms with E-state index in [9.17, 15) is 8.42 Å². The molecule has 5 heteroatoms. The molecule has 3 nitrogen and oxygen atoms in total. The van der Waals surface area contributed by atoms with Gasteiger partial charge in [-0.15, -0.1) is 0 Å². The van der Waals surface area contributed by atoms with Crippen molar-refractivity contribution in [3.8, 4) is 0 Å². The fraction of sp³-hybridized carbons (Fsp3) is 0.688. The Morgan fingerprint density at radius 2 is 1.76 bits per heavy atom. The Morgan fingerprint density at radius 1 is 1.14 bits per heavy atom. The maximum absolute atomic E-state index is 12.5. The molecule has 0 aliphatic heterocycles. The Bertz CT molecular complexity index is 595. The summed E-state index contributed by atoms with van der Waals surface area (Å²) in [6.45, 7) is 9.27. The maximum atomic E-state index is 12.5. The summed E-state index contributed by atoms with van der Waals surface area (Å²) in [5.41, 5.74) is 2.66. The third kappa shape index (κ3) is 4.19. The van der Waals surface area contributed by atoms with Crippen molar-refractivity contribution in [1.29, 1.82) is 0 Å². The topological polar surface area (TPSA) is 47.0 Å². The van der Waals surface area contributed by atoms with Crippen LogP contribution in [-0.4, -0.2) is 18.7 Å². The number of rotatable bonds is 7. The van der Waals surface area contributed by atoms with E-state index in [0.29, 0.717) is 0 Å². The van der Waals surface area contributed by atoms with E-state index in [2.05, 4.69) is 11.9 Å². The van der Waals surface area contributed by atoms with Crippen LogP contribution < -0.4 is 0 Å². The molecule has 1 aromatic heterocycles. The van der Waals surface area contributed by atoms with E-state index in [4.69, 9.17) is 11.6 Å². The second kappa shape index (κ2) is 7.59. The van der Waals surface area contributed by atoms with Crippen molar-refractivity contribution in [3.63, 3.8) is 0 Å². The Morgan fingerprint density at radius 3 is 2.29 bits per heavy atom. The Labute approximate surface area is 134 Å². The van der Waals surface area contributed by atoms with E-state index in [1.165, 1.54) is 12.8 Å². The molecule has 0 saturated heterocycles. The average molecular weight is 332 g/mol. The predicted molar refractivity (Wildman–Crippen MR) is 88.9 cm³/mol. The smallest absolute Gasteiger partial charge is 0.184 e. The van der Waals surface area contributed by atoms with Crippen molar-refractivity contribution >= 4 is 21.4 Å². The molecule has 0 fully saturated rings. The standard InChI is InChI=1S/C16H26ClNO2S/c1-6-7-8-9-10-14-12(4)15(16(17)18-13(14)5)21(19,20)11(2)3/h11H,6-10H2,1-5H3. The molecule has 0 amide bonds. The van der Waals surface area contributed by atoms with Crippen LogP contribution in [0.4, 0.5) is 0 Å². The van der Waals surface area contributed by atoms with Crippen LogP contribution in [0.3, 0.4) is 0 Å². The maximum Gasteiger partial charge on any atom is 0.184 e. The number of sulfone groups is 1. The quantitative estimate of drug-likeness (QED) is 0.539. The minimum absolute atomic E-state index is 0.107. The lowest BCUT2D eigenvalue weighted by molar-refractivity contribution is 0.585. The zero-order chi connectivity index (χ0) is 16.2. The Kier molecular flexibility index (Phi) is 6.67. The minimum atomic E-state index is -3.41. The van der Waals surface area contributed by atoms with Crippen LogP contribution >= 0.6 is 11.6 Å². The zero-order valence-electron chi connectivity index (χ0n) is 13.7. The monoisotopic (exact) mass is 331 g/mol. The van der Waals surface area contributed by atoms with Gasteiger partial charge in [0.15, 0.2) is 9.84 Å². The Balaban J connectivity index is 3.23. The third-order valence-corrected chi connectivity index (χ3v) is 6.56. The van der Waals surface area contributed by atoms with Crippen molar-refractivity contribution in [2.45, 2.75) is 76.9 Å². The first-order chi connectivity index (χ1) is 9.73. The van der Waals surface area contributed by atoms with Crippen LogP contribution in [0, 0.1) is 13.8 Å². The number of pyridine rings is 1. The largest absolute Gasteiger partial charge is 0.240 e. The molecule has 0 aromatic carbocycles. The molecular formula is C16H26ClNO2S. The van der Waals surface area contributed by atoms with Gasteiger partial charge in [0.25, 0.3) is 0 Å². The highest BCUT2D eigenvalue weighted by Gasteiger charge is 2.27. The molecule has 1 rings (SSSR count). The van der Waals surface area contributed by atoms with Gasteiger partial charge < -0.3 is 0 Å². The van der Waals surface area contributed by atoms with Gasteiger partial charge in [-0.1, -0.05) is 37.8 Å². The number of hydrogen-bond donors (Lipinski definition) is 0. The molecule has 0 atom stereocenters. The number of unbranched alkanes of at least 4 members (excludes halogenated alkanes) is 3. The molecule has 0 bridgehead atoms. The molecule has 0 spiro atoms. The Hall–Kier alpha value is -0.610. The zero-order valence-corrected chi connectivity index (χ0v) is 15.2. The van der Waals surface area contributed by atoms with Crippen molar-refractivity contribution in [2.24, 2.45) is 0 Å². The lowest BCUT2D eigenvalue weighted by Gasteiger charge is -2.17. The molecule has 0 radical (unpaired) electrons. The number of hydrogen-bond acceptors (Lipinski definition) is 3. The van der Waals surface area contributed by atoms with Gasteiger partial charge in [-0.3, -0.25) is 0 Å². The van der Waals surface area contributed by atoms with E-state index < -0.39 is 15.1 Å². The van der Waals surface area contributed by atoms with Gasteiger partial charge in [0.05, 0.1) is 5.25 Å². The van der Waals surface area contributed by atoms with Gasteiger partial charge in [-0.25, -0.2) is 13.4 Å². The van der Waals surface area contributed by atoms with Crippen LogP contribution in [0.25, 0.3) is 0 Å². The van der Waals surface area contributed by atoms with E-state index in [1.54, 1.807) is 13.8 Å². The molecule has 0 aliphatic carbocycles. The van der Waals surface area contributed by atoms with Crippen LogP contribution in [0.1, 0.15) is 63.3 Å². The third-order valence-electron chi connectivity index (χ3n) is 3.87. The number of halogens is 1. The van der Waals surface area contributed by atoms with Gasteiger partial charge in [-0.05, 0) is 51.7 Å². The summed E-state index contributed by atoms with van der Waals surface area (Å²) in [5, 5.41) is -0.387. The summed E-state index contributed by atoms with van der Waals surface area (Å²) in [7, 11) is -3.41. The van der Waals surface area contributed by atoms with Gasteiger partial charge in [0, 0.05) is 5.69 Å². The highest BCUT2D eigenvalue weighted by atomic mass is 35.5. The van der Waals surface area contributed by atoms with Gasteiger partial charge in [-0.2, -0.15) is 0 Å². The first kappa shape index (κ1) is 18.4. The summed E-state index contributed by atoms with van der Waals surface area (Å²) in [4.78, 5) is 4.49. The summed E-state index contributed by atoms with van der Waals surface area (Å²) in [6, 6.07) is 0. The number of aromatic nitrogens is 1. The lowest BCUT2D eigenvalue weighted by Crippen LogP contribution is -2.18. The van der Waals surface area contributed by atoms with Gasteiger partial charge in [0.1, 0.15) is 10.0 Å². The summed E-state index contributed by atoms with van der Waals surface area (Å²) >= 11 is 6.13. The molecule has 0 unspecified atom stereocenters. The van der Waals surface area contributed by atoms with E-state index in [1.807, 2.05) is 13.8 Å². The molecule has 0 saturated carbocycles. The number of nitrogens with zero attached hydrogens (tertiary/aromatic N) is 1. The average Bonchev–Trinajstić information content (AvgIpc) is 2.36. The lowest BCUT2D eigenvalue weighted by atomic mass is 10.0. The van der Waals surface area contributed by atoms with E-state index >= 15 is 0 Å². The second-order valence-electron chi connectivity index (χ2n) is 5.83. The molecule has 120 valence electrons. The summed E-state index contributed by atoms with van der Waals surface area (Å²) < 4.78 is 25.0. The van der Waals surface area contributed by atoms with Crippen LogP contribution in [-0.2, 0) is 16.3 Å². The number of aryl methyl sites for hydroxylation is 1.